The summed E-state index contributed by atoms with van der Waals surface area (Å²) in [5.74, 6) is -0.0503. The third-order valence-corrected chi connectivity index (χ3v) is 3.54. The zero-order chi connectivity index (χ0) is 15.2. The molecule has 2 aromatic rings. The Balaban J connectivity index is 2.00. The van der Waals surface area contributed by atoms with Gasteiger partial charge >= 0.3 is 0 Å². The predicted molar refractivity (Wildman–Crippen MR) is 83.3 cm³/mol. The fourth-order valence-corrected chi connectivity index (χ4v) is 2.22. The van der Waals surface area contributed by atoms with Crippen LogP contribution < -0.4 is 11.1 Å². The van der Waals surface area contributed by atoms with E-state index in [9.17, 15) is 4.79 Å². The zero-order valence-corrected chi connectivity index (χ0v) is 12.6. The summed E-state index contributed by atoms with van der Waals surface area (Å²) in [5.41, 5.74) is 10.6. The molecule has 0 saturated heterocycles. The molecule has 21 heavy (non-hydrogen) atoms. The Morgan fingerprint density at radius 1 is 1.29 bits per heavy atom. The number of carbonyl (C=O) groups is 1. The number of hydrogen-bond acceptors (Lipinski definition) is 3. The van der Waals surface area contributed by atoms with Gasteiger partial charge in [-0.3, -0.25) is 9.89 Å². The molecule has 0 saturated carbocycles. The lowest BCUT2D eigenvalue weighted by atomic mass is 10.0. The first-order valence-electron chi connectivity index (χ1n) is 7.19. The minimum absolute atomic E-state index is 0.0503. The van der Waals surface area contributed by atoms with E-state index >= 15 is 0 Å². The molecule has 0 atom stereocenters. The van der Waals surface area contributed by atoms with E-state index in [1.807, 2.05) is 38.1 Å². The first-order chi connectivity index (χ1) is 10.1. The Morgan fingerprint density at radius 3 is 2.57 bits per heavy atom. The van der Waals surface area contributed by atoms with Gasteiger partial charge in [0.25, 0.3) is 5.91 Å². The summed E-state index contributed by atoms with van der Waals surface area (Å²) >= 11 is 0. The summed E-state index contributed by atoms with van der Waals surface area (Å²) in [7, 11) is 0. The maximum absolute atomic E-state index is 11.9. The van der Waals surface area contributed by atoms with Crippen molar-refractivity contribution in [1.82, 2.24) is 15.5 Å². The topological polar surface area (TPSA) is 83.8 Å². The van der Waals surface area contributed by atoms with Crippen LogP contribution in [0.1, 0.15) is 39.3 Å². The molecule has 0 spiro atoms. The monoisotopic (exact) mass is 286 g/mol. The molecule has 0 aliphatic rings. The van der Waals surface area contributed by atoms with Crippen molar-refractivity contribution in [2.45, 2.75) is 26.7 Å². The van der Waals surface area contributed by atoms with Crippen molar-refractivity contribution in [3.8, 4) is 0 Å². The fourth-order valence-electron chi connectivity index (χ4n) is 2.22. The Bertz CT molecular complexity index is 582. The Kier molecular flexibility index (Phi) is 5.11. The molecule has 0 unspecified atom stereocenters. The Morgan fingerprint density at radius 2 is 2.00 bits per heavy atom. The highest BCUT2D eigenvalue weighted by molar-refractivity contribution is 5.94. The van der Waals surface area contributed by atoms with Crippen LogP contribution in [0.15, 0.2) is 24.3 Å². The molecular weight excluding hydrogens is 264 g/mol. The third kappa shape index (κ3) is 3.92. The molecule has 1 amide bonds. The number of nitrogens with two attached hydrogens (primary N) is 1. The molecule has 1 aromatic carbocycles. The van der Waals surface area contributed by atoms with E-state index in [-0.39, 0.29) is 5.91 Å². The lowest BCUT2D eigenvalue weighted by Crippen LogP contribution is -2.25. The molecule has 0 aliphatic heterocycles. The van der Waals surface area contributed by atoms with E-state index in [4.69, 9.17) is 5.73 Å². The van der Waals surface area contributed by atoms with Crippen molar-refractivity contribution >= 4 is 5.91 Å². The second kappa shape index (κ2) is 7.04. The number of nitrogens with zero attached hydrogens (tertiary/aromatic N) is 1. The molecule has 112 valence electrons. The van der Waals surface area contributed by atoms with Gasteiger partial charge in [-0.25, -0.2) is 0 Å². The Labute approximate surface area is 124 Å². The summed E-state index contributed by atoms with van der Waals surface area (Å²) in [5, 5.41) is 10.0. The van der Waals surface area contributed by atoms with Crippen LogP contribution in [0.5, 0.6) is 0 Å². The third-order valence-electron chi connectivity index (χ3n) is 3.54. The van der Waals surface area contributed by atoms with Gasteiger partial charge in [-0.05, 0) is 44.5 Å². The number of benzene rings is 1. The maximum atomic E-state index is 11.9. The van der Waals surface area contributed by atoms with Gasteiger partial charge in [0, 0.05) is 29.8 Å². The molecule has 1 aromatic heterocycles. The second-order valence-electron chi connectivity index (χ2n) is 5.18. The minimum Gasteiger partial charge on any atom is -0.352 e. The van der Waals surface area contributed by atoms with Gasteiger partial charge in [-0.1, -0.05) is 12.1 Å². The summed E-state index contributed by atoms with van der Waals surface area (Å²) in [6, 6.07) is 7.70. The summed E-state index contributed by atoms with van der Waals surface area (Å²) in [4.78, 5) is 11.9. The Hall–Kier alpha value is -2.14. The first-order valence-corrected chi connectivity index (χ1v) is 7.19. The average molecular weight is 286 g/mol. The van der Waals surface area contributed by atoms with Gasteiger partial charge in [0.1, 0.15) is 0 Å². The SMILES string of the molecule is Cc1n[nH]c(C)c1Cc1ccc(C(=O)NCCCN)cc1. The zero-order valence-electron chi connectivity index (χ0n) is 12.6. The van der Waals surface area contributed by atoms with E-state index in [1.165, 1.54) is 11.1 Å². The van der Waals surface area contributed by atoms with Gasteiger partial charge in [0.05, 0.1) is 5.69 Å². The largest absolute Gasteiger partial charge is 0.352 e. The van der Waals surface area contributed by atoms with Crippen LogP contribution >= 0.6 is 0 Å². The van der Waals surface area contributed by atoms with E-state index in [1.54, 1.807) is 0 Å². The van der Waals surface area contributed by atoms with Crippen molar-refractivity contribution in [1.29, 1.82) is 0 Å². The van der Waals surface area contributed by atoms with E-state index in [0.29, 0.717) is 18.7 Å². The summed E-state index contributed by atoms with van der Waals surface area (Å²) in [6.45, 7) is 5.22. The molecule has 5 nitrogen and oxygen atoms in total. The highest BCUT2D eigenvalue weighted by atomic mass is 16.1. The lowest BCUT2D eigenvalue weighted by molar-refractivity contribution is 0.0953. The highest BCUT2D eigenvalue weighted by Gasteiger charge is 2.08. The first kappa shape index (κ1) is 15.3. The molecule has 0 bridgehead atoms. The predicted octanol–water partition coefficient (Wildman–Crippen LogP) is 1.70. The van der Waals surface area contributed by atoms with E-state index in [0.717, 1.165) is 24.2 Å². The van der Waals surface area contributed by atoms with Crippen molar-refractivity contribution in [2.75, 3.05) is 13.1 Å². The summed E-state index contributed by atoms with van der Waals surface area (Å²) in [6.07, 6.45) is 1.62. The van der Waals surface area contributed by atoms with Gasteiger partial charge < -0.3 is 11.1 Å². The van der Waals surface area contributed by atoms with Crippen LogP contribution in [0.4, 0.5) is 0 Å². The molecule has 0 aliphatic carbocycles. The minimum atomic E-state index is -0.0503. The van der Waals surface area contributed by atoms with E-state index < -0.39 is 0 Å². The van der Waals surface area contributed by atoms with Crippen LogP contribution in [0.3, 0.4) is 0 Å². The van der Waals surface area contributed by atoms with Crippen molar-refractivity contribution in [3.05, 3.63) is 52.3 Å². The fraction of sp³-hybridized carbons (Fsp3) is 0.375. The smallest absolute Gasteiger partial charge is 0.251 e. The number of amides is 1. The van der Waals surface area contributed by atoms with Crippen molar-refractivity contribution < 1.29 is 4.79 Å². The molecule has 2 rings (SSSR count). The molecule has 5 heteroatoms. The number of aryl methyl sites for hydroxylation is 2. The molecule has 0 fully saturated rings. The van der Waals surface area contributed by atoms with Crippen LogP contribution in [-0.4, -0.2) is 29.2 Å². The molecule has 1 heterocycles. The number of rotatable bonds is 6. The van der Waals surface area contributed by atoms with Crippen LogP contribution in [0, 0.1) is 13.8 Å². The molecule has 4 N–H and O–H groups in total. The van der Waals surface area contributed by atoms with Crippen LogP contribution in [0.2, 0.25) is 0 Å². The van der Waals surface area contributed by atoms with Gasteiger partial charge in [-0.2, -0.15) is 5.10 Å². The van der Waals surface area contributed by atoms with Crippen LogP contribution in [-0.2, 0) is 6.42 Å². The summed E-state index contributed by atoms with van der Waals surface area (Å²) < 4.78 is 0. The maximum Gasteiger partial charge on any atom is 0.251 e. The number of aromatic amines is 1. The van der Waals surface area contributed by atoms with E-state index in [2.05, 4.69) is 15.5 Å². The quantitative estimate of drug-likeness (QED) is 0.707. The molecular formula is C16H22N4O. The molecule has 0 radical (unpaired) electrons. The average Bonchev–Trinajstić information content (AvgIpc) is 2.80. The normalized spacial score (nSPS) is 10.6. The number of aromatic nitrogens is 2. The standard InChI is InChI=1S/C16H22N4O/c1-11-15(12(2)20-19-11)10-13-4-6-14(7-5-13)16(21)18-9-3-8-17/h4-7H,3,8-10,17H2,1-2H3,(H,18,21)(H,19,20). The van der Waals surface area contributed by atoms with Crippen molar-refractivity contribution in [3.63, 3.8) is 0 Å². The van der Waals surface area contributed by atoms with Gasteiger partial charge in [0.2, 0.25) is 0 Å². The number of hydrogen-bond donors (Lipinski definition) is 3. The lowest BCUT2D eigenvalue weighted by Gasteiger charge is -2.06. The highest BCUT2D eigenvalue weighted by Crippen LogP contribution is 2.16. The number of H-pyrrole nitrogens is 1. The van der Waals surface area contributed by atoms with Crippen molar-refractivity contribution in [2.24, 2.45) is 5.73 Å². The number of carbonyl (C=O) groups excluding carboxylic acids is 1. The van der Waals surface area contributed by atoms with Crippen LogP contribution in [0.25, 0.3) is 0 Å². The second-order valence-corrected chi connectivity index (χ2v) is 5.18. The van der Waals surface area contributed by atoms with Gasteiger partial charge in [-0.15, -0.1) is 0 Å². The van der Waals surface area contributed by atoms with Gasteiger partial charge in [0.15, 0.2) is 0 Å². The number of nitrogens with one attached hydrogen (secondary N) is 2.